The number of ether oxygens (including phenoxy) is 1. The molecule has 0 saturated carbocycles. The number of hydrogen-bond donors (Lipinski definition) is 0. The summed E-state index contributed by atoms with van der Waals surface area (Å²) in [7, 11) is 0. The first kappa shape index (κ1) is 13.4. The molecule has 0 aliphatic carbocycles. The second-order valence-electron chi connectivity index (χ2n) is 3.62. The van der Waals surface area contributed by atoms with E-state index in [1.54, 1.807) is 6.92 Å². The van der Waals surface area contributed by atoms with Crippen molar-refractivity contribution in [1.29, 1.82) is 0 Å². The highest BCUT2D eigenvalue weighted by molar-refractivity contribution is 5.73. The lowest BCUT2D eigenvalue weighted by molar-refractivity contribution is -0.138. The molecular formula is C11H23NO2. The summed E-state index contributed by atoms with van der Waals surface area (Å²) < 4.78 is 5.53. The lowest BCUT2D eigenvalue weighted by Gasteiger charge is -2.34. The van der Waals surface area contributed by atoms with Crippen LogP contribution in [0.1, 0.15) is 34.6 Å². The first-order valence-electron chi connectivity index (χ1n) is 5.48. The van der Waals surface area contributed by atoms with Gasteiger partial charge in [0.25, 0.3) is 0 Å². The van der Waals surface area contributed by atoms with Gasteiger partial charge < -0.3 is 9.64 Å². The van der Waals surface area contributed by atoms with Crippen LogP contribution in [0.5, 0.6) is 0 Å². The molecule has 3 heteroatoms. The molecule has 1 aliphatic rings. The van der Waals surface area contributed by atoms with Crippen LogP contribution >= 0.6 is 0 Å². The Morgan fingerprint density at radius 3 is 2.43 bits per heavy atom. The highest BCUT2D eigenvalue weighted by atomic mass is 16.5. The predicted octanol–water partition coefficient (Wildman–Crippen LogP) is 1.92. The number of nitrogens with zero attached hydrogens (tertiary/aromatic N) is 1. The minimum Gasteiger partial charge on any atom is -0.374 e. The van der Waals surface area contributed by atoms with Crippen LogP contribution in [-0.2, 0) is 9.53 Å². The van der Waals surface area contributed by atoms with E-state index in [2.05, 4.69) is 13.8 Å². The molecule has 1 fully saturated rings. The molecule has 1 saturated heterocycles. The smallest absolute Gasteiger partial charge is 0.219 e. The second-order valence-corrected chi connectivity index (χ2v) is 3.62. The van der Waals surface area contributed by atoms with Crippen LogP contribution in [-0.4, -0.2) is 36.6 Å². The molecule has 84 valence electrons. The summed E-state index contributed by atoms with van der Waals surface area (Å²) in [5, 5.41) is 0. The Bertz CT molecular complexity index is 169. The van der Waals surface area contributed by atoms with E-state index < -0.39 is 0 Å². The quantitative estimate of drug-likeness (QED) is 0.648. The summed E-state index contributed by atoms with van der Waals surface area (Å²) in [6.45, 7) is 12.0. The lowest BCUT2D eigenvalue weighted by Crippen LogP contribution is -2.46. The summed E-state index contributed by atoms with van der Waals surface area (Å²) >= 11 is 0. The molecule has 0 unspecified atom stereocenters. The molecule has 0 aromatic rings. The fourth-order valence-corrected chi connectivity index (χ4v) is 1.36. The van der Waals surface area contributed by atoms with E-state index in [1.165, 1.54) is 0 Å². The van der Waals surface area contributed by atoms with Crippen molar-refractivity contribution in [1.82, 2.24) is 4.90 Å². The zero-order valence-corrected chi connectivity index (χ0v) is 10.0. The molecule has 1 amide bonds. The van der Waals surface area contributed by atoms with Gasteiger partial charge in [-0.05, 0) is 5.92 Å². The van der Waals surface area contributed by atoms with Crippen molar-refractivity contribution >= 4 is 5.91 Å². The summed E-state index contributed by atoms with van der Waals surface area (Å²) in [6, 6.07) is 0. The molecular weight excluding hydrogens is 178 g/mol. The second kappa shape index (κ2) is 6.82. The van der Waals surface area contributed by atoms with Crippen molar-refractivity contribution < 1.29 is 9.53 Å². The van der Waals surface area contributed by atoms with Gasteiger partial charge >= 0.3 is 0 Å². The fourth-order valence-electron chi connectivity index (χ4n) is 1.36. The molecule has 1 atom stereocenters. The average molecular weight is 201 g/mol. The summed E-state index contributed by atoms with van der Waals surface area (Å²) in [6.07, 6.45) is 0.225. The maximum atomic E-state index is 11.0. The fraction of sp³-hybridized carbons (Fsp3) is 0.909. The third-order valence-corrected chi connectivity index (χ3v) is 2.28. The van der Waals surface area contributed by atoms with Crippen molar-refractivity contribution in [2.24, 2.45) is 5.92 Å². The molecule has 0 N–H and O–H groups in total. The van der Waals surface area contributed by atoms with E-state index in [9.17, 15) is 4.79 Å². The largest absolute Gasteiger partial charge is 0.374 e. The van der Waals surface area contributed by atoms with Crippen LogP contribution in [0.15, 0.2) is 0 Å². The third-order valence-electron chi connectivity index (χ3n) is 2.28. The van der Waals surface area contributed by atoms with E-state index in [1.807, 2.05) is 18.7 Å². The van der Waals surface area contributed by atoms with Crippen LogP contribution < -0.4 is 0 Å². The maximum absolute atomic E-state index is 11.0. The van der Waals surface area contributed by atoms with Gasteiger partial charge in [-0.2, -0.15) is 0 Å². The van der Waals surface area contributed by atoms with Crippen LogP contribution in [0.3, 0.4) is 0 Å². The number of rotatable bonds is 1. The Morgan fingerprint density at radius 1 is 1.43 bits per heavy atom. The number of hydrogen-bond acceptors (Lipinski definition) is 2. The van der Waals surface area contributed by atoms with Gasteiger partial charge in [0.05, 0.1) is 12.7 Å². The van der Waals surface area contributed by atoms with Gasteiger partial charge in [-0.25, -0.2) is 0 Å². The van der Waals surface area contributed by atoms with Crippen molar-refractivity contribution in [3.05, 3.63) is 0 Å². The highest BCUT2D eigenvalue weighted by Crippen LogP contribution is 2.12. The Hall–Kier alpha value is -0.570. The molecule has 0 aromatic heterocycles. The monoisotopic (exact) mass is 201 g/mol. The number of morpholine rings is 1. The van der Waals surface area contributed by atoms with Crippen LogP contribution in [0.25, 0.3) is 0 Å². The Kier molecular flexibility index (Phi) is 6.54. The van der Waals surface area contributed by atoms with E-state index in [-0.39, 0.29) is 12.0 Å². The van der Waals surface area contributed by atoms with E-state index >= 15 is 0 Å². The van der Waals surface area contributed by atoms with Gasteiger partial charge in [0, 0.05) is 20.0 Å². The molecule has 1 rings (SSSR count). The molecule has 0 aromatic carbocycles. The third kappa shape index (κ3) is 4.09. The average Bonchev–Trinajstić information content (AvgIpc) is 2.21. The molecule has 1 aliphatic heterocycles. The highest BCUT2D eigenvalue weighted by Gasteiger charge is 2.23. The van der Waals surface area contributed by atoms with E-state index in [0.29, 0.717) is 12.5 Å². The number of amides is 1. The van der Waals surface area contributed by atoms with Crippen molar-refractivity contribution in [3.8, 4) is 0 Å². The van der Waals surface area contributed by atoms with Crippen molar-refractivity contribution in [2.75, 3.05) is 19.7 Å². The van der Waals surface area contributed by atoms with Crippen molar-refractivity contribution in [2.45, 2.75) is 40.7 Å². The molecule has 3 nitrogen and oxygen atoms in total. The van der Waals surface area contributed by atoms with Gasteiger partial charge in [-0.3, -0.25) is 4.79 Å². The van der Waals surface area contributed by atoms with Crippen LogP contribution in [0, 0.1) is 5.92 Å². The minimum absolute atomic E-state index is 0.156. The lowest BCUT2D eigenvalue weighted by atomic mass is 10.1. The molecule has 0 bridgehead atoms. The summed E-state index contributed by atoms with van der Waals surface area (Å²) in [4.78, 5) is 12.9. The Labute approximate surface area is 87.4 Å². The molecule has 0 spiro atoms. The SMILES string of the molecule is CC.CC(=O)N1CCO[C@@H](C(C)C)C1. The van der Waals surface area contributed by atoms with Crippen LogP contribution in [0.2, 0.25) is 0 Å². The summed E-state index contributed by atoms with van der Waals surface area (Å²) in [5.74, 6) is 0.649. The first-order valence-corrected chi connectivity index (χ1v) is 5.48. The Morgan fingerprint density at radius 2 is 2.00 bits per heavy atom. The normalized spacial score (nSPS) is 21.6. The topological polar surface area (TPSA) is 29.5 Å². The molecule has 0 radical (unpaired) electrons. The molecule has 14 heavy (non-hydrogen) atoms. The van der Waals surface area contributed by atoms with E-state index in [0.717, 1.165) is 13.1 Å². The maximum Gasteiger partial charge on any atom is 0.219 e. The number of carbonyl (C=O) groups is 1. The van der Waals surface area contributed by atoms with Gasteiger partial charge in [-0.15, -0.1) is 0 Å². The van der Waals surface area contributed by atoms with E-state index in [4.69, 9.17) is 4.74 Å². The first-order chi connectivity index (χ1) is 6.61. The van der Waals surface area contributed by atoms with Gasteiger partial charge in [-0.1, -0.05) is 27.7 Å². The van der Waals surface area contributed by atoms with Crippen LogP contribution in [0.4, 0.5) is 0 Å². The molecule has 1 heterocycles. The summed E-state index contributed by atoms with van der Waals surface area (Å²) in [5.41, 5.74) is 0. The predicted molar refractivity (Wildman–Crippen MR) is 58.2 cm³/mol. The number of carbonyl (C=O) groups excluding carboxylic acids is 1. The Balaban J connectivity index is 0.000000791. The van der Waals surface area contributed by atoms with Gasteiger partial charge in [0.1, 0.15) is 0 Å². The van der Waals surface area contributed by atoms with Gasteiger partial charge in [0.2, 0.25) is 5.91 Å². The zero-order valence-electron chi connectivity index (χ0n) is 10.0. The van der Waals surface area contributed by atoms with Gasteiger partial charge in [0.15, 0.2) is 0 Å². The zero-order chi connectivity index (χ0) is 11.1. The standard InChI is InChI=1S/C9H17NO2.C2H6/c1-7(2)9-6-10(8(3)11)4-5-12-9;1-2/h7,9H,4-6H2,1-3H3;1-2H3/t9-;/m1./s1. The van der Waals surface area contributed by atoms with Crippen molar-refractivity contribution in [3.63, 3.8) is 0 Å². The minimum atomic E-state index is 0.156.